The summed E-state index contributed by atoms with van der Waals surface area (Å²) in [6.45, 7) is 8.92. The van der Waals surface area contributed by atoms with Gasteiger partial charge in [0.1, 0.15) is 0 Å². The number of piperidine rings is 1. The van der Waals surface area contributed by atoms with Crippen molar-refractivity contribution in [3.05, 3.63) is 28.8 Å². The smallest absolute Gasteiger partial charge is 0.0741 e. The van der Waals surface area contributed by atoms with Gasteiger partial charge in [-0.25, -0.2) is 0 Å². The van der Waals surface area contributed by atoms with Gasteiger partial charge in [-0.1, -0.05) is 31.5 Å². The first-order valence-corrected chi connectivity index (χ1v) is 7.86. The number of halogens is 1. The van der Waals surface area contributed by atoms with E-state index in [9.17, 15) is 5.11 Å². The second kappa shape index (κ2) is 6.79. The van der Waals surface area contributed by atoms with Crippen molar-refractivity contribution in [3.63, 3.8) is 0 Å². The van der Waals surface area contributed by atoms with E-state index in [-0.39, 0.29) is 12.1 Å². The van der Waals surface area contributed by atoms with Crippen molar-refractivity contribution in [2.24, 2.45) is 5.92 Å². The second-order valence-electron chi connectivity index (χ2n) is 5.76. The lowest BCUT2D eigenvalue weighted by Gasteiger charge is -2.36. The third-order valence-electron chi connectivity index (χ3n) is 4.24. The number of anilines is 1. The molecule has 20 heavy (non-hydrogen) atoms. The topological polar surface area (TPSA) is 35.5 Å². The van der Waals surface area contributed by atoms with Crippen LogP contribution < -0.4 is 10.2 Å². The number of aliphatic hydroxyl groups excluding tert-OH is 1. The Balaban J connectivity index is 2.13. The number of benzene rings is 1. The molecule has 0 aromatic heterocycles. The Labute approximate surface area is 126 Å². The molecule has 1 heterocycles. The fourth-order valence-electron chi connectivity index (χ4n) is 2.76. The van der Waals surface area contributed by atoms with Gasteiger partial charge in [0.15, 0.2) is 0 Å². The number of β-amino-alcohol motifs (C(OH)–C–C–N with tert-alkyl or cyclic N) is 1. The van der Waals surface area contributed by atoms with Crippen LogP contribution in [0.25, 0.3) is 0 Å². The molecule has 3 nitrogen and oxygen atoms in total. The van der Waals surface area contributed by atoms with Crippen LogP contribution in [0.1, 0.15) is 38.8 Å². The third kappa shape index (κ3) is 3.46. The van der Waals surface area contributed by atoms with Crippen LogP contribution >= 0.6 is 11.6 Å². The summed E-state index contributed by atoms with van der Waals surface area (Å²) in [6, 6.07) is 6.48. The highest BCUT2D eigenvalue weighted by atomic mass is 35.5. The molecular weight excluding hydrogens is 272 g/mol. The summed E-state index contributed by atoms with van der Waals surface area (Å²) in [4.78, 5) is 2.22. The molecule has 1 aromatic rings. The highest BCUT2D eigenvalue weighted by Crippen LogP contribution is 2.30. The van der Waals surface area contributed by atoms with Crippen molar-refractivity contribution in [3.8, 4) is 0 Å². The maximum Gasteiger partial charge on any atom is 0.0741 e. The lowest BCUT2D eigenvalue weighted by atomic mass is 9.95. The lowest BCUT2D eigenvalue weighted by Crippen LogP contribution is -2.42. The van der Waals surface area contributed by atoms with Crippen molar-refractivity contribution in [2.75, 3.05) is 24.5 Å². The molecule has 1 aliphatic heterocycles. The first kappa shape index (κ1) is 15.6. The Bertz CT molecular complexity index is 452. The van der Waals surface area contributed by atoms with E-state index in [1.165, 1.54) is 0 Å². The molecule has 0 amide bonds. The number of nitrogens with zero attached hydrogens (tertiary/aromatic N) is 1. The van der Waals surface area contributed by atoms with E-state index in [2.05, 4.69) is 43.1 Å². The van der Waals surface area contributed by atoms with E-state index in [0.717, 1.165) is 35.8 Å². The molecule has 1 aromatic carbocycles. The average Bonchev–Trinajstić information content (AvgIpc) is 2.42. The quantitative estimate of drug-likeness (QED) is 0.895. The van der Waals surface area contributed by atoms with E-state index in [1.54, 1.807) is 0 Å². The molecule has 112 valence electrons. The van der Waals surface area contributed by atoms with Gasteiger partial charge in [0.05, 0.1) is 6.10 Å². The summed E-state index contributed by atoms with van der Waals surface area (Å²) in [5.74, 6) is 0.384. The van der Waals surface area contributed by atoms with Gasteiger partial charge >= 0.3 is 0 Å². The summed E-state index contributed by atoms with van der Waals surface area (Å²) in [5.41, 5.74) is 2.23. The summed E-state index contributed by atoms with van der Waals surface area (Å²) in [5, 5.41) is 14.2. The highest BCUT2D eigenvalue weighted by Gasteiger charge is 2.24. The van der Waals surface area contributed by atoms with Crippen molar-refractivity contribution in [2.45, 2.75) is 39.3 Å². The zero-order chi connectivity index (χ0) is 14.7. The molecule has 0 saturated carbocycles. The molecule has 0 bridgehead atoms. The molecule has 1 fully saturated rings. The van der Waals surface area contributed by atoms with Gasteiger partial charge < -0.3 is 15.3 Å². The fraction of sp³-hybridized carbons (Fsp3) is 0.625. The predicted molar refractivity (Wildman–Crippen MR) is 85.5 cm³/mol. The summed E-state index contributed by atoms with van der Waals surface area (Å²) in [7, 11) is 0. The zero-order valence-electron chi connectivity index (χ0n) is 12.6. The van der Waals surface area contributed by atoms with Gasteiger partial charge in [0.2, 0.25) is 0 Å². The number of hydrogen-bond donors (Lipinski definition) is 2. The molecule has 3 atom stereocenters. The summed E-state index contributed by atoms with van der Waals surface area (Å²) < 4.78 is 0. The van der Waals surface area contributed by atoms with E-state index in [0.29, 0.717) is 12.5 Å². The Kier molecular flexibility index (Phi) is 5.30. The van der Waals surface area contributed by atoms with Crippen LogP contribution in [0.15, 0.2) is 18.2 Å². The van der Waals surface area contributed by atoms with Gasteiger partial charge in [0.25, 0.3) is 0 Å². The second-order valence-corrected chi connectivity index (χ2v) is 6.17. The van der Waals surface area contributed by atoms with Gasteiger partial charge in [0, 0.05) is 29.8 Å². The Morgan fingerprint density at radius 2 is 2.25 bits per heavy atom. The minimum atomic E-state index is -0.247. The summed E-state index contributed by atoms with van der Waals surface area (Å²) >= 11 is 6.42. The third-order valence-corrected chi connectivity index (χ3v) is 4.57. The number of nitrogens with one attached hydrogen (secondary N) is 1. The first-order valence-electron chi connectivity index (χ1n) is 7.48. The van der Waals surface area contributed by atoms with Crippen LogP contribution in [-0.2, 0) is 0 Å². The van der Waals surface area contributed by atoms with Gasteiger partial charge in [-0.2, -0.15) is 0 Å². The van der Waals surface area contributed by atoms with E-state index in [1.807, 2.05) is 6.07 Å². The van der Waals surface area contributed by atoms with Crippen LogP contribution in [0.2, 0.25) is 5.02 Å². The summed E-state index contributed by atoms with van der Waals surface area (Å²) in [6.07, 6.45) is 0.775. The van der Waals surface area contributed by atoms with Crippen LogP contribution in [-0.4, -0.2) is 30.8 Å². The number of aliphatic hydroxyl groups is 1. The molecule has 1 saturated heterocycles. The first-order chi connectivity index (χ1) is 9.52. The highest BCUT2D eigenvalue weighted by molar-refractivity contribution is 6.31. The Morgan fingerprint density at radius 1 is 1.50 bits per heavy atom. The zero-order valence-corrected chi connectivity index (χ0v) is 13.3. The molecule has 2 N–H and O–H groups in total. The number of rotatable bonds is 4. The monoisotopic (exact) mass is 296 g/mol. The van der Waals surface area contributed by atoms with E-state index >= 15 is 0 Å². The van der Waals surface area contributed by atoms with E-state index in [4.69, 9.17) is 11.6 Å². The van der Waals surface area contributed by atoms with Gasteiger partial charge in [-0.05, 0) is 43.5 Å². The molecule has 4 heteroatoms. The van der Waals surface area contributed by atoms with Crippen LogP contribution in [0.5, 0.6) is 0 Å². The largest absolute Gasteiger partial charge is 0.391 e. The predicted octanol–water partition coefficient (Wildman–Crippen LogP) is 3.22. The molecule has 0 aliphatic carbocycles. The standard InChI is InChI=1S/C16H25ClN2O/c1-4-18-12(3)14-6-5-13(9-15(14)17)19-8-7-11(2)16(20)10-19/h5-6,9,11-12,16,18,20H,4,7-8,10H2,1-3H3. The molecule has 1 aliphatic rings. The molecule has 3 unspecified atom stereocenters. The minimum absolute atomic E-state index is 0.247. The van der Waals surface area contributed by atoms with E-state index < -0.39 is 0 Å². The fourth-order valence-corrected chi connectivity index (χ4v) is 3.10. The average molecular weight is 297 g/mol. The van der Waals surface area contributed by atoms with Crippen LogP contribution in [0, 0.1) is 5.92 Å². The van der Waals surface area contributed by atoms with Gasteiger partial charge in [-0.15, -0.1) is 0 Å². The van der Waals surface area contributed by atoms with Crippen LogP contribution in [0.3, 0.4) is 0 Å². The molecule has 0 spiro atoms. The molecule has 2 rings (SSSR count). The van der Waals surface area contributed by atoms with Crippen molar-refractivity contribution >= 4 is 17.3 Å². The van der Waals surface area contributed by atoms with Crippen molar-refractivity contribution in [1.82, 2.24) is 5.32 Å². The minimum Gasteiger partial charge on any atom is -0.391 e. The van der Waals surface area contributed by atoms with Crippen molar-refractivity contribution < 1.29 is 5.11 Å². The normalized spacial score (nSPS) is 24.8. The molecular formula is C16H25ClN2O. The SMILES string of the molecule is CCNC(C)c1ccc(N2CCC(C)C(O)C2)cc1Cl. The van der Waals surface area contributed by atoms with Gasteiger partial charge in [-0.3, -0.25) is 0 Å². The Hall–Kier alpha value is -0.770. The number of hydrogen-bond acceptors (Lipinski definition) is 3. The molecule has 0 radical (unpaired) electrons. The maximum absolute atomic E-state index is 10.0. The maximum atomic E-state index is 10.0. The lowest BCUT2D eigenvalue weighted by molar-refractivity contribution is 0.103. The Morgan fingerprint density at radius 3 is 2.85 bits per heavy atom. The van der Waals surface area contributed by atoms with Crippen molar-refractivity contribution in [1.29, 1.82) is 0 Å². The van der Waals surface area contributed by atoms with Crippen LogP contribution in [0.4, 0.5) is 5.69 Å².